The zero-order chi connectivity index (χ0) is 24.2. The summed E-state index contributed by atoms with van der Waals surface area (Å²) in [5.74, 6) is 2.26. The van der Waals surface area contributed by atoms with Gasteiger partial charge in [0.1, 0.15) is 5.75 Å². The van der Waals surface area contributed by atoms with Gasteiger partial charge in [0, 0.05) is 35.7 Å². The largest absolute Gasteiger partial charge is 0.497 e. The van der Waals surface area contributed by atoms with Crippen LogP contribution in [0.15, 0.2) is 78.0 Å². The maximum absolute atomic E-state index is 13.1. The van der Waals surface area contributed by atoms with Crippen LogP contribution >= 0.6 is 11.8 Å². The van der Waals surface area contributed by atoms with E-state index in [2.05, 4.69) is 46.0 Å². The summed E-state index contributed by atoms with van der Waals surface area (Å²) in [7, 11) is 1.66. The Balaban J connectivity index is 1.49. The normalized spacial score (nSPS) is 13.3. The molecule has 1 amide bonds. The van der Waals surface area contributed by atoms with Crippen molar-refractivity contribution in [1.82, 2.24) is 19.7 Å². The van der Waals surface area contributed by atoms with Crippen molar-refractivity contribution in [3.63, 3.8) is 0 Å². The quantitative estimate of drug-likeness (QED) is 0.311. The van der Waals surface area contributed by atoms with Gasteiger partial charge >= 0.3 is 0 Å². The van der Waals surface area contributed by atoms with Gasteiger partial charge < -0.3 is 9.64 Å². The highest BCUT2D eigenvalue weighted by Crippen LogP contribution is 2.32. The van der Waals surface area contributed by atoms with E-state index in [0.29, 0.717) is 5.75 Å². The molecule has 1 aliphatic heterocycles. The Bertz CT molecular complexity index is 1330. The van der Waals surface area contributed by atoms with E-state index in [4.69, 9.17) is 4.74 Å². The van der Waals surface area contributed by atoms with E-state index in [0.717, 1.165) is 65.0 Å². The van der Waals surface area contributed by atoms with Crippen LogP contribution in [0.1, 0.15) is 34.3 Å². The van der Waals surface area contributed by atoms with E-state index in [9.17, 15) is 4.79 Å². The van der Waals surface area contributed by atoms with E-state index < -0.39 is 0 Å². The van der Waals surface area contributed by atoms with Crippen molar-refractivity contribution in [3.05, 3.63) is 89.5 Å². The number of methoxy groups -OCH3 is 1. The second-order valence-electron chi connectivity index (χ2n) is 8.65. The molecular formula is C28H28N4O2S. The molecule has 6 nitrogen and oxygen atoms in total. The van der Waals surface area contributed by atoms with Gasteiger partial charge in [-0.25, -0.2) is 0 Å². The number of ether oxygens (including phenoxy) is 1. The molecule has 2 heterocycles. The molecule has 1 aromatic heterocycles. The summed E-state index contributed by atoms with van der Waals surface area (Å²) in [6.45, 7) is 3.75. The zero-order valence-electron chi connectivity index (χ0n) is 20.0. The first kappa shape index (κ1) is 23.2. The minimum Gasteiger partial charge on any atom is -0.497 e. The Kier molecular flexibility index (Phi) is 6.86. The van der Waals surface area contributed by atoms with Crippen molar-refractivity contribution in [1.29, 1.82) is 0 Å². The molecule has 1 saturated heterocycles. The van der Waals surface area contributed by atoms with E-state index in [-0.39, 0.29) is 5.91 Å². The van der Waals surface area contributed by atoms with Crippen molar-refractivity contribution in [2.24, 2.45) is 0 Å². The van der Waals surface area contributed by atoms with Gasteiger partial charge in [0.15, 0.2) is 11.0 Å². The van der Waals surface area contributed by atoms with Crippen LogP contribution in [0, 0.1) is 6.92 Å². The number of likely N-dealkylation sites (tertiary alicyclic amines) is 1. The third-order valence-electron chi connectivity index (χ3n) is 6.25. The van der Waals surface area contributed by atoms with Gasteiger partial charge in [-0.15, -0.1) is 10.2 Å². The van der Waals surface area contributed by atoms with E-state index in [1.165, 1.54) is 5.56 Å². The molecule has 5 rings (SSSR count). The molecule has 0 N–H and O–H groups in total. The van der Waals surface area contributed by atoms with Crippen LogP contribution < -0.4 is 4.74 Å². The second kappa shape index (κ2) is 10.4. The summed E-state index contributed by atoms with van der Waals surface area (Å²) in [4.78, 5) is 15.1. The van der Waals surface area contributed by atoms with Crippen molar-refractivity contribution >= 4 is 17.7 Å². The third-order valence-corrected chi connectivity index (χ3v) is 7.23. The first-order chi connectivity index (χ1) is 17.1. The summed E-state index contributed by atoms with van der Waals surface area (Å²) in [5, 5.41) is 9.88. The summed E-state index contributed by atoms with van der Waals surface area (Å²) < 4.78 is 7.50. The molecule has 1 fully saturated rings. The number of thioether (sulfide) groups is 1. The Morgan fingerprint density at radius 2 is 1.74 bits per heavy atom. The predicted octanol–water partition coefficient (Wildman–Crippen LogP) is 5.78. The van der Waals surface area contributed by atoms with Crippen molar-refractivity contribution in [2.45, 2.75) is 30.7 Å². The Labute approximate surface area is 210 Å². The molecule has 0 bridgehead atoms. The standard InChI is InChI=1S/C28H28N4O2S/c1-20-12-14-23(15-13-20)32-26(21-9-7-10-24(18-21)34-2)29-30-28(32)35-19-22-8-3-4-11-25(22)27(33)31-16-5-6-17-31/h3-4,7-15,18H,5-6,16-17,19H2,1-2H3. The molecule has 0 unspecified atom stereocenters. The van der Waals surface area contributed by atoms with Crippen molar-refractivity contribution < 1.29 is 9.53 Å². The van der Waals surface area contributed by atoms with Crippen LogP contribution in [0.4, 0.5) is 0 Å². The fourth-order valence-electron chi connectivity index (χ4n) is 4.33. The minimum atomic E-state index is 0.121. The van der Waals surface area contributed by atoms with E-state index >= 15 is 0 Å². The SMILES string of the molecule is COc1cccc(-c2nnc(SCc3ccccc3C(=O)N3CCCC3)n2-c2ccc(C)cc2)c1. The molecule has 0 atom stereocenters. The molecule has 0 aliphatic carbocycles. The molecule has 35 heavy (non-hydrogen) atoms. The van der Waals surface area contributed by atoms with Crippen LogP contribution in [-0.4, -0.2) is 45.8 Å². The number of nitrogens with zero attached hydrogens (tertiary/aromatic N) is 4. The van der Waals surface area contributed by atoms with Gasteiger partial charge in [-0.1, -0.05) is 59.8 Å². The molecule has 7 heteroatoms. The summed E-state index contributed by atoms with van der Waals surface area (Å²) in [6, 6.07) is 24.1. The Morgan fingerprint density at radius 1 is 0.971 bits per heavy atom. The molecule has 1 aliphatic rings. The number of carbonyl (C=O) groups excluding carboxylic acids is 1. The lowest BCUT2D eigenvalue weighted by Gasteiger charge is -2.17. The highest BCUT2D eigenvalue weighted by molar-refractivity contribution is 7.98. The highest BCUT2D eigenvalue weighted by Gasteiger charge is 2.22. The maximum Gasteiger partial charge on any atom is 0.254 e. The first-order valence-electron chi connectivity index (χ1n) is 11.8. The minimum absolute atomic E-state index is 0.121. The lowest BCUT2D eigenvalue weighted by atomic mass is 10.1. The fraction of sp³-hybridized carbons (Fsp3) is 0.250. The van der Waals surface area contributed by atoms with Gasteiger partial charge in [-0.2, -0.15) is 0 Å². The van der Waals surface area contributed by atoms with Gasteiger partial charge in [0.25, 0.3) is 5.91 Å². The van der Waals surface area contributed by atoms with E-state index in [1.807, 2.05) is 53.4 Å². The molecule has 0 saturated carbocycles. The van der Waals surface area contributed by atoms with Gasteiger partial charge in [-0.3, -0.25) is 9.36 Å². The summed E-state index contributed by atoms with van der Waals surface area (Å²) in [5.41, 5.74) is 4.89. The van der Waals surface area contributed by atoms with Gasteiger partial charge in [0.05, 0.1) is 7.11 Å². The Morgan fingerprint density at radius 3 is 2.51 bits per heavy atom. The fourth-order valence-corrected chi connectivity index (χ4v) is 5.28. The summed E-state index contributed by atoms with van der Waals surface area (Å²) >= 11 is 1.59. The lowest BCUT2D eigenvalue weighted by Crippen LogP contribution is -2.28. The zero-order valence-corrected chi connectivity index (χ0v) is 20.8. The average Bonchev–Trinajstić information content (AvgIpc) is 3.58. The number of rotatable bonds is 7. The number of benzene rings is 3. The smallest absolute Gasteiger partial charge is 0.254 e. The van der Waals surface area contributed by atoms with E-state index in [1.54, 1.807) is 18.9 Å². The van der Waals surface area contributed by atoms with Gasteiger partial charge in [-0.05, 0) is 55.7 Å². The average molecular weight is 485 g/mol. The number of aryl methyl sites for hydroxylation is 1. The third kappa shape index (κ3) is 4.95. The Hall–Kier alpha value is -3.58. The number of hydrogen-bond acceptors (Lipinski definition) is 5. The van der Waals surface area contributed by atoms with Crippen molar-refractivity contribution in [2.75, 3.05) is 20.2 Å². The molecule has 0 spiro atoms. The van der Waals surface area contributed by atoms with Crippen LogP contribution in [0.25, 0.3) is 17.1 Å². The second-order valence-corrected chi connectivity index (χ2v) is 9.60. The molecule has 0 radical (unpaired) electrons. The maximum atomic E-state index is 13.1. The number of amides is 1. The first-order valence-corrected chi connectivity index (χ1v) is 12.8. The van der Waals surface area contributed by atoms with Crippen molar-refractivity contribution in [3.8, 4) is 22.8 Å². The lowest BCUT2D eigenvalue weighted by molar-refractivity contribution is 0.0792. The molecule has 4 aromatic rings. The molecule has 3 aromatic carbocycles. The summed E-state index contributed by atoms with van der Waals surface area (Å²) in [6.07, 6.45) is 2.16. The van der Waals surface area contributed by atoms with Crippen LogP contribution in [0.3, 0.4) is 0 Å². The highest BCUT2D eigenvalue weighted by atomic mass is 32.2. The molecule has 178 valence electrons. The number of hydrogen-bond donors (Lipinski definition) is 0. The monoisotopic (exact) mass is 484 g/mol. The van der Waals surface area contributed by atoms with Crippen LogP contribution in [0.5, 0.6) is 5.75 Å². The van der Waals surface area contributed by atoms with Gasteiger partial charge in [0.2, 0.25) is 0 Å². The van der Waals surface area contributed by atoms with Crippen LogP contribution in [-0.2, 0) is 5.75 Å². The predicted molar refractivity (Wildman–Crippen MR) is 139 cm³/mol. The number of carbonyl (C=O) groups is 1. The number of aromatic nitrogens is 3. The van der Waals surface area contributed by atoms with Crippen LogP contribution in [0.2, 0.25) is 0 Å². The topological polar surface area (TPSA) is 60.3 Å². The molecular weight excluding hydrogens is 456 g/mol.